The highest BCUT2D eigenvalue weighted by Gasteiger charge is 2.23. The molecular formula is C11H16ClNO. The summed E-state index contributed by atoms with van der Waals surface area (Å²) in [6.07, 6.45) is 5.26. The molecule has 1 atom stereocenters. The van der Waals surface area contributed by atoms with Crippen LogP contribution in [0.3, 0.4) is 0 Å². The van der Waals surface area contributed by atoms with Crippen LogP contribution in [0.2, 0.25) is 5.22 Å². The van der Waals surface area contributed by atoms with Crippen molar-refractivity contribution in [2.45, 2.75) is 31.7 Å². The molecule has 1 heterocycles. The Kier molecular flexibility index (Phi) is 3.14. The molecule has 2 rings (SSSR count). The summed E-state index contributed by atoms with van der Waals surface area (Å²) >= 11 is 5.74. The number of hydrogen-bond acceptors (Lipinski definition) is 2. The zero-order chi connectivity index (χ0) is 9.97. The van der Waals surface area contributed by atoms with Crippen LogP contribution in [0.5, 0.6) is 0 Å². The van der Waals surface area contributed by atoms with Gasteiger partial charge in [0.1, 0.15) is 5.76 Å². The first-order valence-electron chi connectivity index (χ1n) is 5.22. The standard InChI is InChI=1S/C11H16ClNO/c1-13-9(5-4-8-2-3-8)10-6-7-11(12)14-10/h6-9,13H,2-5H2,1H3. The number of furan rings is 1. The lowest BCUT2D eigenvalue weighted by Gasteiger charge is -2.12. The van der Waals surface area contributed by atoms with E-state index in [0.717, 1.165) is 18.1 Å². The van der Waals surface area contributed by atoms with Crippen molar-refractivity contribution in [3.8, 4) is 0 Å². The van der Waals surface area contributed by atoms with Crippen molar-refractivity contribution >= 4 is 11.6 Å². The number of nitrogens with one attached hydrogen (secondary N) is 1. The minimum absolute atomic E-state index is 0.322. The highest BCUT2D eigenvalue weighted by molar-refractivity contribution is 6.28. The highest BCUT2D eigenvalue weighted by atomic mass is 35.5. The minimum Gasteiger partial charge on any atom is -0.448 e. The van der Waals surface area contributed by atoms with Crippen LogP contribution in [0.1, 0.15) is 37.5 Å². The Morgan fingerprint density at radius 2 is 2.36 bits per heavy atom. The van der Waals surface area contributed by atoms with E-state index in [1.807, 2.05) is 13.1 Å². The number of hydrogen-bond donors (Lipinski definition) is 1. The molecule has 0 bridgehead atoms. The average Bonchev–Trinajstić information content (AvgIpc) is 2.90. The quantitative estimate of drug-likeness (QED) is 0.811. The van der Waals surface area contributed by atoms with Gasteiger partial charge in [0.05, 0.1) is 6.04 Å². The van der Waals surface area contributed by atoms with Gasteiger partial charge in [-0.3, -0.25) is 0 Å². The van der Waals surface area contributed by atoms with Crippen LogP contribution in [0, 0.1) is 5.92 Å². The molecule has 3 heteroatoms. The molecular weight excluding hydrogens is 198 g/mol. The summed E-state index contributed by atoms with van der Waals surface area (Å²) in [6.45, 7) is 0. The third kappa shape index (κ3) is 2.52. The van der Waals surface area contributed by atoms with Crippen LogP contribution in [0.15, 0.2) is 16.5 Å². The molecule has 78 valence electrons. The molecule has 1 aromatic heterocycles. The van der Waals surface area contributed by atoms with Crippen molar-refractivity contribution in [3.05, 3.63) is 23.1 Å². The topological polar surface area (TPSA) is 25.2 Å². The highest BCUT2D eigenvalue weighted by Crippen LogP contribution is 2.36. The van der Waals surface area contributed by atoms with Gasteiger partial charge in [0, 0.05) is 0 Å². The molecule has 0 amide bonds. The van der Waals surface area contributed by atoms with Crippen LogP contribution in [0.25, 0.3) is 0 Å². The predicted octanol–water partition coefficient (Wildman–Crippen LogP) is 3.38. The maximum absolute atomic E-state index is 5.74. The fraction of sp³-hybridized carbons (Fsp3) is 0.636. The second-order valence-corrected chi connectivity index (χ2v) is 4.38. The summed E-state index contributed by atoms with van der Waals surface area (Å²) in [5, 5.41) is 3.74. The van der Waals surface area contributed by atoms with Crippen LogP contribution in [-0.4, -0.2) is 7.05 Å². The van der Waals surface area contributed by atoms with E-state index in [-0.39, 0.29) is 0 Å². The van der Waals surface area contributed by atoms with E-state index in [2.05, 4.69) is 5.32 Å². The SMILES string of the molecule is CNC(CCC1CC1)c1ccc(Cl)o1. The smallest absolute Gasteiger partial charge is 0.193 e. The van der Waals surface area contributed by atoms with Gasteiger partial charge in [0.25, 0.3) is 0 Å². The Morgan fingerprint density at radius 3 is 2.86 bits per heavy atom. The van der Waals surface area contributed by atoms with Gasteiger partial charge in [-0.25, -0.2) is 0 Å². The largest absolute Gasteiger partial charge is 0.448 e. The first-order valence-corrected chi connectivity index (χ1v) is 5.60. The van der Waals surface area contributed by atoms with Gasteiger partial charge in [-0.05, 0) is 49.5 Å². The van der Waals surface area contributed by atoms with Crippen LogP contribution >= 0.6 is 11.6 Å². The lowest BCUT2D eigenvalue weighted by atomic mass is 10.1. The van der Waals surface area contributed by atoms with Gasteiger partial charge in [-0.15, -0.1) is 0 Å². The Morgan fingerprint density at radius 1 is 1.57 bits per heavy atom. The molecule has 0 aromatic carbocycles. The summed E-state index contributed by atoms with van der Waals surface area (Å²) in [4.78, 5) is 0. The molecule has 0 spiro atoms. The normalized spacial score (nSPS) is 18.4. The summed E-state index contributed by atoms with van der Waals surface area (Å²) in [5.74, 6) is 1.93. The van der Waals surface area contributed by atoms with Crippen molar-refractivity contribution in [1.29, 1.82) is 0 Å². The molecule has 1 unspecified atom stereocenters. The van der Waals surface area contributed by atoms with E-state index in [9.17, 15) is 0 Å². The Bertz CT molecular complexity index is 293. The molecule has 1 N–H and O–H groups in total. The summed E-state index contributed by atoms with van der Waals surface area (Å²) in [7, 11) is 1.97. The average molecular weight is 214 g/mol. The van der Waals surface area contributed by atoms with E-state index in [1.54, 1.807) is 6.07 Å². The summed E-state index contributed by atoms with van der Waals surface area (Å²) in [6, 6.07) is 4.08. The van der Waals surface area contributed by atoms with Gasteiger partial charge in [-0.1, -0.05) is 12.8 Å². The summed E-state index contributed by atoms with van der Waals surface area (Å²) < 4.78 is 5.39. The minimum atomic E-state index is 0.322. The number of rotatable bonds is 5. The van der Waals surface area contributed by atoms with E-state index in [4.69, 9.17) is 16.0 Å². The lowest BCUT2D eigenvalue weighted by Crippen LogP contribution is -2.15. The first-order chi connectivity index (χ1) is 6.79. The molecule has 1 saturated carbocycles. The van der Waals surface area contributed by atoms with Crippen molar-refractivity contribution in [3.63, 3.8) is 0 Å². The fourth-order valence-corrected chi connectivity index (χ4v) is 1.91. The summed E-state index contributed by atoms with van der Waals surface area (Å²) in [5.41, 5.74) is 0. The third-order valence-corrected chi connectivity index (χ3v) is 3.05. The second kappa shape index (κ2) is 4.37. The zero-order valence-corrected chi connectivity index (χ0v) is 9.18. The molecule has 0 saturated heterocycles. The van der Waals surface area contributed by atoms with Gasteiger partial charge in [0.2, 0.25) is 0 Å². The molecule has 1 fully saturated rings. The zero-order valence-electron chi connectivity index (χ0n) is 8.42. The van der Waals surface area contributed by atoms with Crippen LogP contribution in [-0.2, 0) is 0 Å². The fourth-order valence-electron chi connectivity index (χ4n) is 1.75. The lowest BCUT2D eigenvalue weighted by molar-refractivity contribution is 0.402. The molecule has 0 radical (unpaired) electrons. The maximum atomic E-state index is 5.74. The predicted molar refractivity (Wildman–Crippen MR) is 57.5 cm³/mol. The molecule has 14 heavy (non-hydrogen) atoms. The van der Waals surface area contributed by atoms with Crippen molar-refractivity contribution in [2.75, 3.05) is 7.05 Å². The van der Waals surface area contributed by atoms with E-state index < -0.39 is 0 Å². The third-order valence-electron chi connectivity index (χ3n) is 2.85. The molecule has 1 aromatic rings. The first kappa shape index (κ1) is 10.1. The Labute approximate surface area is 89.6 Å². The van der Waals surface area contributed by atoms with Gasteiger partial charge in [0.15, 0.2) is 5.22 Å². The van der Waals surface area contributed by atoms with E-state index in [1.165, 1.54) is 19.3 Å². The maximum Gasteiger partial charge on any atom is 0.193 e. The van der Waals surface area contributed by atoms with Crippen molar-refractivity contribution < 1.29 is 4.42 Å². The molecule has 1 aliphatic carbocycles. The van der Waals surface area contributed by atoms with Crippen LogP contribution in [0.4, 0.5) is 0 Å². The molecule has 0 aliphatic heterocycles. The Hall–Kier alpha value is -0.470. The van der Waals surface area contributed by atoms with Gasteiger partial charge >= 0.3 is 0 Å². The van der Waals surface area contributed by atoms with Crippen molar-refractivity contribution in [2.24, 2.45) is 5.92 Å². The van der Waals surface area contributed by atoms with Gasteiger partial charge < -0.3 is 9.73 Å². The van der Waals surface area contributed by atoms with Crippen LogP contribution < -0.4 is 5.32 Å². The number of halogens is 1. The van der Waals surface area contributed by atoms with Gasteiger partial charge in [-0.2, -0.15) is 0 Å². The van der Waals surface area contributed by atoms with E-state index >= 15 is 0 Å². The molecule has 2 nitrogen and oxygen atoms in total. The monoisotopic (exact) mass is 213 g/mol. The molecule has 1 aliphatic rings. The Balaban J connectivity index is 1.90. The van der Waals surface area contributed by atoms with Crippen molar-refractivity contribution in [1.82, 2.24) is 5.32 Å². The second-order valence-electron chi connectivity index (χ2n) is 4.00. The van der Waals surface area contributed by atoms with E-state index in [0.29, 0.717) is 11.3 Å².